The minimum atomic E-state index is -0.257. The van der Waals surface area contributed by atoms with E-state index in [1.165, 1.54) is 16.2 Å². The molecule has 0 saturated carbocycles. The number of benzene rings is 1. The summed E-state index contributed by atoms with van der Waals surface area (Å²) in [6.45, 7) is 12.8. The van der Waals surface area contributed by atoms with Crippen LogP contribution in [0.1, 0.15) is 58.6 Å². The monoisotopic (exact) mass is 369 g/mol. The highest BCUT2D eigenvalue weighted by atomic mass is 32.2. The largest absolute Gasteiger partial charge is 0.348 e. The van der Waals surface area contributed by atoms with Gasteiger partial charge in [-0.1, -0.05) is 48.6 Å². The lowest BCUT2D eigenvalue weighted by atomic mass is 9.89. The zero-order valence-corrected chi connectivity index (χ0v) is 17.3. The summed E-state index contributed by atoms with van der Waals surface area (Å²) in [6.07, 6.45) is 9.45. The Morgan fingerprint density at radius 1 is 1.27 bits per heavy atom. The molecular weight excluding hydrogens is 338 g/mol. The molecule has 0 unspecified atom stereocenters. The highest BCUT2D eigenvalue weighted by Gasteiger charge is 2.57. The molecule has 2 heterocycles. The van der Waals surface area contributed by atoms with Gasteiger partial charge in [0.25, 0.3) is 0 Å². The standard InChI is InChI=1S/C23H31NOS/c1-6-8-17-26-21-19(12-7-2)15-16-23(5)24(21)20(22(3,4)25-23)18-13-10-9-11-14-18/h6-11,13-14,20H,2,12,15-17H2,1,3-5H3/b8-6+/t20-,23+/m1/s1. The molecule has 3 heteroatoms. The zero-order chi connectivity index (χ0) is 18.8. The van der Waals surface area contributed by atoms with Crippen LogP contribution in [0.4, 0.5) is 0 Å². The second kappa shape index (κ2) is 7.66. The molecule has 0 radical (unpaired) electrons. The van der Waals surface area contributed by atoms with Crippen LogP contribution in [-0.2, 0) is 4.74 Å². The second-order valence-electron chi connectivity index (χ2n) is 7.85. The van der Waals surface area contributed by atoms with E-state index in [0.717, 1.165) is 25.0 Å². The van der Waals surface area contributed by atoms with Crippen molar-refractivity contribution in [1.82, 2.24) is 4.90 Å². The number of rotatable bonds is 6. The van der Waals surface area contributed by atoms with Gasteiger partial charge in [-0.15, -0.1) is 18.3 Å². The third-order valence-electron chi connectivity index (χ3n) is 5.38. The van der Waals surface area contributed by atoms with E-state index in [1.54, 1.807) is 0 Å². The minimum Gasteiger partial charge on any atom is -0.348 e. The summed E-state index contributed by atoms with van der Waals surface area (Å²) in [5, 5.41) is 1.39. The minimum absolute atomic E-state index is 0.210. The Balaban J connectivity index is 2.09. The first-order valence-corrected chi connectivity index (χ1v) is 10.5. The summed E-state index contributed by atoms with van der Waals surface area (Å²) in [5.74, 6) is 0.987. The summed E-state index contributed by atoms with van der Waals surface area (Å²) in [5.41, 5.74) is 2.32. The maximum atomic E-state index is 6.70. The molecule has 26 heavy (non-hydrogen) atoms. The van der Waals surface area contributed by atoms with Crippen LogP contribution in [0.25, 0.3) is 0 Å². The first kappa shape index (κ1) is 19.3. The summed E-state index contributed by atoms with van der Waals surface area (Å²) in [6, 6.07) is 11.0. The lowest BCUT2D eigenvalue weighted by Gasteiger charge is -2.44. The molecule has 2 atom stereocenters. The molecule has 0 aromatic heterocycles. The summed E-state index contributed by atoms with van der Waals surface area (Å²) in [7, 11) is 0. The topological polar surface area (TPSA) is 12.5 Å². The van der Waals surface area contributed by atoms with Crippen molar-refractivity contribution in [2.24, 2.45) is 0 Å². The maximum Gasteiger partial charge on any atom is 0.140 e. The number of fused-ring (bicyclic) bond motifs is 1. The second-order valence-corrected chi connectivity index (χ2v) is 8.85. The Bertz CT molecular complexity index is 706. The summed E-state index contributed by atoms with van der Waals surface area (Å²) < 4.78 is 6.70. The highest BCUT2D eigenvalue weighted by Crippen LogP contribution is 2.56. The smallest absolute Gasteiger partial charge is 0.140 e. The van der Waals surface area contributed by atoms with Gasteiger partial charge in [0, 0.05) is 5.75 Å². The Morgan fingerprint density at radius 2 is 2.00 bits per heavy atom. The van der Waals surface area contributed by atoms with E-state index in [9.17, 15) is 0 Å². The van der Waals surface area contributed by atoms with E-state index < -0.39 is 0 Å². The molecule has 140 valence electrons. The molecular formula is C23H31NOS. The molecule has 2 aliphatic rings. The number of thioether (sulfide) groups is 1. The van der Waals surface area contributed by atoms with Gasteiger partial charge < -0.3 is 9.64 Å². The zero-order valence-electron chi connectivity index (χ0n) is 16.5. The molecule has 0 spiro atoms. The van der Waals surface area contributed by atoms with Crippen LogP contribution < -0.4 is 0 Å². The predicted octanol–water partition coefficient (Wildman–Crippen LogP) is 6.45. The van der Waals surface area contributed by atoms with Gasteiger partial charge in [0.1, 0.15) is 5.72 Å². The fraction of sp³-hybridized carbons (Fsp3) is 0.478. The van der Waals surface area contributed by atoms with Crippen molar-refractivity contribution >= 4 is 11.8 Å². The number of hydrogen-bond acceptors (Lipinski definition) is 3. The van der Waals surface area contributed by atoms with E-state index in [-0.39, 0.29) is 17.4 Å². The van der Waals surface area contributed by atoms with Gasteiger partial charge >= 0.3 is 0 Å². The molecule has 0 aliphatic carbocycles. The number of allylic oxidation sites excluding steroid dienone is 3. The first-order chi connectivity index (χ1) is 12.4. The quantitative estimate of drug-likeness (QED) is 0.535. The average molecular weight is 370 g/mol. The van der Waals surface area contributed by atoms with E-state index in [0.29, 0.717) is 0 Å². The normalized spacial score (nSPS) is 27.8. The lowest BCUT2D eigenvalue weighted by molar-refractivity contribution is -0.115. The van der Waals surface area contributed by atoms with E-state index in [1.807, 2.05) is 17.8 Å². The SMILES string of the molecule is C=CCC1=C(SC/C=C/C)N2[C@H](c3ccccc3)C(C)(C)O[C@@]2(C)CC1. The van der Waals surface area contributed by atoms with E-state index in [4.69, 9.17) is 4.74 Å². The van der Waals surface area contributed by atoms with Gasteiger partial charge in [0.15, 0.2) is 0 Å². The predicted molar refractivity (Wildman–Crippen MR) is 113 cm³/mol. The Morgan fingerprint density at radius 3 is 2.65 bits per heavy atom. The third-order valence-corrected chi connectivity index (χ3v) is 6.50. The Hall–Kier alpha value is -1.45. The van der Waals surface area contributed by atoms with Gasteiger partial charge in [-0.2, -0.15) is 0 Å². The number of hydrogen-bond donors (Lipinski definition) is 0. The number of ether oxygens (including phenoxy) is 1. The third kappa shape index (κ3) is 3.52. The highest BCUT2D eigenvalue weighted by molar-refractivity contribution is 8.03. The van der Waals surface area contributed by atoms with Gasteiger partial charge in [0.05, 0.1) is 16.7 Å². The molecule has 2 nitrogen and oxygen atoms in total. The van der Waals surface area contributed by atoms with Crippen molar-refractivity contribution in [3.8, 4) is 0 Å². The molecule has 0 bridgehead atoms. The summed E-state index contributed by atoms with van der Waals surface area (Å²) in [4.78, 5) is 2.57. The Labute approximate surface area is 163 Å². The van der Waals surface area contributed by atoms with Crippen LogP contribution in [0.3, 0.4) is 0 Å². The van der Waals surface area contributed by atoms with Gasteiger partial charge in [-0.05, 0) is 58.1 Å². The molecule has 1 saturated heterocycles. The van der Waals surface area contributed by atoms with Crippen molar-refractivity contribution in [3.63, 3.8) is 0 Å². The van der Waals surface area contributed by atoms with Crippen LogP contribution in [0.15, 0.2) is 65.7 Å². The average Bonchev–Trinajstić information content (AvgIpc) is 2.83. The van der Waals surface area contributed by atoms with E-state index in [2.05, 4.69) is 81.7 Å². The fourth-order valence-corrected chi connectivity index (χ4v) is 5.64. The van der Waals surface area contributed by atoms with Gasteiger partial charge in [-0.3, -0.25) is 0 Å². The van der Waals surface area contributed by atoms with Crippen LogP contribution in [-0.4, -0.2) is 22.0 Å². The fourth-order valence-electron chi connectivity index (χ4n) is 4.36. The molecule has 1 aromatic carbocycles. The van der Waals surface area contributed by atoms with Crippen molar-refractivity contribution in [1.29, 1.82) is 0 Å². The summed E-state index contributed by atoms with van der Waals surface area (Å²) >= 11 is 1.94. The molecule has 2 aliphatic heterocycles. The van der Waals surface area contributed by atoms with Gasteiger partial charge in [0.2, 0.25) is 0 Å². The van der Waals surface area contributed by atoms with Crippen molar-refractivity contribution in [2.75, 3.05) is 5.75 Å². The first-order valence-electron chi connectivity index (χ1n) is 9.54. The van der Waals surface area contributed by atoms with Crippen LogP contribution in [0.5, 0.6) is 0 Å². The number of nitrogens with zero attached hydrogens (tertiary/aromatic N) is 1. The van der Waals surface area contributed by atoms with Crippen molar-refractivity contribution in [2.45, 2.75) is 64.3 Å². The van der Waals surface area contributed by atoms with Crippen molar-refractivity contribution in [3.05, 3.63) is 71.3 Å². The molecule has 0 N–H and O–H groups in total. The van der Waals surface area contributed by atoms with Gasteiger partial charge in [-0.25, -0.2) is 0 Å². The molecule has 3 rings (SSSR count). The maximum absolute atomic E-state index is 6.70. The van der Waals surface area contributed by atoms with Crippen molar-refractivity contribution < 1.29 is 4.74 Å². The van der Waals surface area contributed by atoms with E-state index >= 15 is 0 Å². The Kier molecular flexibility index (Phi) is 5.69. The van der Waals surface area contributed by atoms with Crippen LogP contribution in [0.2, 0.25) is 0 Å². The molecule has 1 fully saturated rings. The molecule has 0 amide bonds. The molecule has 1 aromatic rings. The lowest BCUT2D eigenvalue weighted by Crippen LogP contribution is -2.45. The van der Waals surface area contributed by atoms with Crippen LogP contribution >= 0.6 is 11.8 Å². The van der Waals surface area contributed by atoms with Crippen LogP contribution in [0, 0.1) is 0 Å².